The zero-order valence-electron chi connectivity index (χ0n) is 6.45. The van der Waals surface area contributed by atoms with Gasteiger partial charge in [0.15, 0.2) is 0 Å². The van der Waals surface area contributed by atoms with E-state index in [1.807, 2.05) is 5.01 Å². The summed E-state index contributed by atoms with van der Waals surface area (Å²) >= 11 is 0. The van der Waals surface area contributed by atoms with Gasteiger partial charge in [-0.3, -0.25) is 5.84 Å². The first kappa shape index (κ1) is 6.58. The SMILES string of the molecule is CN1CCC2CN(N)C2C1. The van der Waals surface area contributed by atoms with Crippen molar-refractivity contribution in [1.29, 1.82) is 0 Å². The number of fused-ring (bicyclic) bond motifs is 1. The highest BCUT2D eigenvalue weighted by Crippen LogP contribution is 2.28. The highest BCUT2D eigenvalue weighted by Gasteiger charge is 2.39. The maximum absolute atomic E-state index is 5.70. The third-order valence-corrected chi connectivity index (χ3v) is 2.80. The number of likely N-dealkylation sites (N-methyl/N-ethyl adjacent to an activating group) is 1. The van der Waals surface area contributed by atoms with Crippen molar-refractivity contribution in [3.63, 3.8) is 0 Å². The van der Waals surface area contributed by atoms with E-state index in [0.717, 1.165) is 12.5 Å². The number of rotatable bonds is 0. The fourth-order valence-corrected chi connectivity index (χ4v) is 2.00. The maximum atomic E-state index is 5.70. The Morgan fingerprint density at radius 2 is 2.20 bits per heavy atom. The van der Waals surface area contributed by atoms with Crippen LogP contribution in [0.5, 0.6) is 0 Å². The van der Waals surface area contributed by atoms with Crippen molar-refractivity contribution in [2.45, 2.75) is 12.5 Å². The molecule has 0 aromatic carbocycles. The number of nitrogens with two attached hydrogens (primary N) is 1. The van der Waals surface area contributed by atoms with Crippen LogP contribution >= 0.6 is 0 Å². The van der Waals surface area contributed by atoms with Crippen molar-refractivity contribution in [2.24, 2.45) is 11.8 Å². The van der Waals surface area contributed by atoms with Gasteiger partial charge in [-0.15, -0.1) is 0 Å². The van der Waals surface area contributed by atoms with Crippen molar-refractivity contribution >= 4 is 0 Å². The summed E-state index contributed by atoms with van der Waals surface area (Å²) in [5.41, 5.74) is 0. The lowest BCUT2D eigenvalue weighted by atomic mass is 9.84. The monoisotopic (exact) mass is 141 g/mol. The molecule has 2 rings (SSSR count). The molecule has 0 amide bonds. The second-order valence-electron chi connectivity index (χ2n) is 3.58. The Bertz CT molecular complexity index is 135. The zero-order chi connectivity index (χ0) is 7.14. The van der Waals surface area contributed by atoms with E-state index in [-0.39, 0.29) is 0 Å². The van der Waals surface area contributed by atoms with E-state index in [1.54, 1.807) is 0 Å². The Morgan fingerprint density at radius 1 is 1.40 bits per heavy atom. The second kappa shape index (κ2) is 2.19. The van der Waals surface area contributed by atoms with Gasteiger partial charge in [-0.25, -0.2) is 5.01 Å². The van der Waals surface area contributed by atoms with Gasteiger partial charge in [0.2, 0.25) is 0 Å². The third kappa shape index (κ3) is 0.856. The highest BCUT2D eigenvalue weighted by atomic mass is 15.5. The van der Waals surface area contributed by atoms with Gasteiger partial charge in [-0.05, 0) is 25.9 Å². The van der Waals surface area contributed by atoms with Gasteiger partial charge in [-0.2, -0.15) is 0 Å². The van der Waals surface area contributed by atoms with Crippen molar-refractivity contribution in [3.05, 3.63) is 0 Å². The summed E-state index contributed by atoms with van der Waals surface area (Å²) < 4.78 is 0. The number of hydrogen-bond donors (Lipinski definition) is 1. The van der Waals surface area contributed by atoms with Gasteiger partial charge >= 0.3 is 0 Å². The van der Waals surface area contributed by atoms with Gasteiger partial charge in [0.25, 0.3) is 0 Å². The predicted molar refractivity (Wildman–Crippen MR) is 40.3 cm³/mol. The van der Waals surface area contributed by atoms with Gasteiger partial charge in [0.05, 0.1) is 0 Å². The summed E-state index contributed by atoms with van der Waals surface area (Å²) in [4.78, 5) is 2.36. The minimum absolute atomic E-state index is 0.666. The molecule has 10 heavy (non-hydrogen) atoms. The zero-order valence-corrected chi connectivity index (χ0v) is 6.45. The van der Waals surface area contributed by atoms with E-state index < -0.39 is 0 Å². The number of hydrogen-bond acceptors (Lipinski definition) is 3. The fraction of sp³-hybridized carbons (Fsp3) is 1.00. The van der Waals surface area contributed by atoms with Crippen LogP contribution in [0.4, 0.5) is 0 Å². The molecule has 2 aliphatic heterocycles. The minimum atomic E-state index is 0.666. The van der Waals surface area contributed by atoms with E-state index in [4.69, 9.17) is 5.84 Å². The first-order valence-corrected chi connectivity index (χ1v) is 3.97. The van der Waals surface area contributed by atoms with E-state index >= 15 is 0 Å². The van der Waals surface area contributed by atoms with Crippen LogP contribution < -0.4 is 5.84 Å². The molecule has 2 N–H and O–H groups in total. The first-order valence-electron chi connectivity index (χ1n) is 3.97. The number of likely N-dealkylation sites (tertiary alicyclic amines) is 1. The Kier molecular flexibility index (Phi) is 1.44. The smallest absolute Gasteiger partial charge is 0.0409 e. The molecule has 3 heteroatoms. The average molecular weight is 141 g/mol. The van der Waals surface area contributed by atoms with Gasteiger partial charge in [-0.1, -0.05) is 0 Å². The Labute approximate surface area is 61.7 Å². The van der Waals surface area contributed by atoms with E-state index in [0.29, 0.717) is 6.04 Å². The molecule has 2 unspecified atom stereocenters. The maximum Gasteiger partial charge on any atom is 0.0409 e. The van der Waals surface area contributed by atoms with E-state index in [2.05, 4.69) is 11.9 Å². The van der Waals surface area contributed by atoms with Crippen LogP contribution in [0.1, 0.15) is 6.42 Å². The number of hydrazine groups is 1. The Hall–Kier alpha value is -0.120. The Morgan fingerprint density at radius 3 is 2.80 bits per heavy atom. The van der Waals surface area contributed by atoms with Crippen LogP contribution in [-0.2, 0) is 0 Å². The predicted octanol–water partition coefficient (Wildman–Crippen LogP) is -0.504. The summed E-state index contributed by atoms with van der Waals surface area (Å²) in [7, 11) is 2.17. The fourth-order valence-electron chi connectivity index (χ4n) is 2.00. The molecular formula is C7H15N3. The van der Waals surface area contributed by atoms with Crippen LogP contribution in [0, 0.1) is 5.92 Å². The summed E-state index contributed by atoms with van der Waals surface area (Å²) in [6.45, 7) is 3.55. The van der Waals surface area contributed by atoms with Crippen LogP contribution in [0.15, 0.2) is 0 Å². The van der Waals surface area contributed by atoms with Gasteiger partial charge < -0.3 is 4.90 Å². The van der Waals surface area contributed by atoms with Crippen LogP contribution in [0.3, 0.4) is 0 Å². The molecule has 0 spiro atoms. The topological polar surface area (TPSA) is 32.5 Å². The summed E-state index contributed by atoms with van der Waals surface area (Å²) in [6.07, 6.45) is 1.34. The molecule has 0 aromatic rings. The van der Waals surface area contributed by atoms with Crippen LogP contribution in [-0.4, -0.2) is 42.6 Å². The molecule has 0 saturated carbocycles. The summed E-state index contributed by atoms with van der Waals surface area (Å²) in [5, 5.41) is 1.97. The average Bonchev–Trinajstić information content (AvgIpc) is 1.92. The van der Waals surface area contributed by atoms with Crippen molar-refractivity contribution in [3.8, 4) is 0 Å². The number of nitrogens with zero attached hydrogens (tertiary/aromatic N) is 2. The van der Waals surface area contributed by atoms with Crippen molar-refractivity contribution < 1.29 is 0 Å². The van der Waals surface area contributed by atoms with E-state index in [9.17, 15) is 0 Å². The molecule has 2 aliphatic rings. The highest BCUT2D eigenvalue weighted by molar-refractivity contribution is 4.93. The lowest BCUT2D eigenvalue weighted by Gasteiger charge is -2.50. The van der Waals surface area contributed by atoms with Crippen molar-refractivity contribution in [2.75, 3.05) is 26.7 Å². The molecule has 0 aromatic heterocycles. The molecule has 58 valence electrons. The standard InChI is InChI=1S/C7H15N3/c1-9-3-2-6-4-10(8)7(6)5-9/h6-7H,2-5,8H2,1H3. The van der Waals surface area contributed by atoms with Gasteiger partial charge in [0.1, 0.15) is 0 Å². The second-order valence-corrected chi connectivity index (χ2v) is 3.58. The normalized spacial score (nSPS) is 42.6. The molecule has 0 aliphatic carbocycles. The lowest BCUT2D eigenvalue weighted by Crippen LogP contribution is -2.66. The quantitative estimate of drug-likeness (QED) is 0.461. The molecule has 3 nitrogen and oxygen atoms in total. The molecule has 2 atom stereocenters. The molecule has 0 bridgehead atoms. The van der Waals surface area contributed by atoms with Crippen LogP contribution in [0.25, 0.3) is 0 Å². The van der Waals surface area contributed by atoms with Crippen molar-refractivity contribution in [1.82, 2.24) is 9.91 Å². The summed E-state index contributed by atoms with van der Waals surface area (Å²) in [6, 6.07) is 0.666. The molecule has 2 saturated heterocycles. The molecule has 0 radical (unpaired) electrons. The van der Waals surface area contributed by atoms with E-state index in [1.165, 1.54) is 19.5 Å². The Balaban J connectivity index is 1.94. The molecular weight excluding hydrogens is 126 g/mol. The third-order valence-electron chi connectivity index (χ3n) is 2.80. The minimum Gasteiger partial charge on any atom is -0.305 e. The lowest BCUT2D eigenvalue weighted by molar-refractivity contribution is -0.0383. The van der Waals surface area contributed by atoms with Crippen LogP contribution in [0.2, 0.25) is 0 Å². The number of piperidine rings is 1. The molecule has 2 heterocycles. The molecule has 2 fully saturated rings. The van der Waals surface area contributed by atoms with Gasteiger partial charge in [0, 0.05) is 19.1 Å². The largest absolute Gasteiger partial charge is 0.305 e. The first-order chi connectivity index (χ1) is 4.77. The summed E-state index contributed by atoms with van der Waals surface area (Å²) in [5.74, 6) is 6.61.